The molecule has 0 spiro atoms. The van der Waals surface area contributed by atoms with Gasteiger partial charge in [0.2, 0.25) is 0 Å². The Bertz CT molecular complexity index is 1090. The average molecular weight is 363 g/mol. The van der Waals surface area contributed by atoms with Gasteiger partial charge in [0.15, 0.2) is 5.65 Å². The summed E-state index contributed by atoms with van der Waals surface area (Å²) in [7, 11) is 0. The molecule has 1 amide bonds. The van der Waals surface area contributed by atoms with Crippen molar-refractivity contribution < 1.29 is 4.79 Å². The number of rotatable bonds is 3. The van der Waals surface area contributed by atoms with Gasteiger partial charge in [0.05, 0.1) is 17.0 Å². The highest BCUT2D eigenvalue weighted by Crippen LogP contribution is 2.22. The van der Waals surface area contributed by atoms with Gasteiger partial charge in [0, 0.05) is 28.5 Å². The highest BCUT2D eigenvalue weighted by molar-refractivity contribution is 6.30. The van der Waals surface area contributed by atoms with Crippen LogP contribution in [-0.2, 0) is 0 Å². The van der Waals surface area contributed by atoms with Crippen LogP contribution in [-0.4, -0.2) is 20.5 Å². The molecule has 128 valence electrons. The van der Waals surface area contributed by atoms with Gasteiger partial charge in [-0.1, -0.05) is 41.9 Å². The second kappa shape index (κ2) is 6.61. The van der Waals surface area contributed by atoms with Crippen molar-refractivity contribution >= 4 is 28.8 Å². The van der Waals surface area contributed by atoms with Crippen LogP contribution in [0.3, 0.4) is 0 Å². The number of carbonyl (C=O) groups excluding carboxylic acids is 1. The van der Waals surface area contributed by atoms with Crippen LogP contribution in [0.25, 0.3) is 16.9 Å². The van der Waals surface area contributed by atoms with Crippen molar-refractivity contribution in [2.75, 3.05) is 5.32 Å². The van der Waals surface area contributed by atoms with E-state index in [2.05, 4.69) is 15.4 Å². The molecule has 0 aliphatic heterocycles. The Morgan fingerprint density at radius 1 is 1.08 bits per heavy atom. The summed E-state index contributed by atoms with van der Waals surface area (Å²) < 4.78 is 1.68. The number of benzene rings is 2. The molecule has 4 aromatic rings. The number of nitrogens with zero attached hydrogens (tertiary/aromatic N) is 3. The number of nitrogens with one attached hydrogen (secondary N) is 1. The molecule has 0 radical (unpaired) electrons. The van der Waals surface area contributed by atoms with Crippen molar-refractivity contribution in [3.05, 3.63) is 83.1 Å². The molecule has 0 saturated heterocycles. The summed E-state index contributed by atoms with van der Waals surface area (Å²) in [6.07, 6.45) is 1.58. The molecule has 26 heavy (non-hydrogen) atoms. The van der Waals surface area contributed by atoms with Crippen molar-refractivity contribution in [2.45, 2.75) is 6.92 Å². The van der Waals surface area contributed by atoms with Gasteiger partial charge in [-0.15, -0.1) is 0 Å². The maximum Gasteiger partial charge on any atom is 0.259 e. The zero-order chi connectivity index (χ0) is 18.1. The Kier molecular flexibility index (Phi) is 4.14. The van der Waals surface area contributed by atoms with E-state index in [-0.39, 0.29) is 5.91 Å². The minimum Gasteiger partial charge on any atom is -0.322 e. The zero-order valence-corrected chi connectivity index (χ0v) is 14.7. The summed E-state index contributed by atoms with van der Waals surface area (Å²) in [4.78, 5) is 17.0. The van der Waals surface area contributed by atoms with E-state index in [1.807, 2.05) is 67.6 Å². The zero-order valence-electron chi connectivity index (χ0n) is 14.0. The molecule has 0 unspecified atom stereocenters. The number of para-hydroxylation sites is 1. The number of hydrogen-bond donors (Lipinski definition) is 1. The van der Waals surface area contributed by atoms with Crippen LogP contribution in [0.5, 0.6) is 0 Å². The van der Waals surface area contributed by atoms with Crippen molar-refractivity contribution in [2.24, 2.45) is 0 Å². The molecule has 0 bridgehead atoms. The molecule has 2 aromatic heterocycles. The topological polar surface area (TPSA) is 59.3 Å². The highest BCUT2D eigenvalue weighted by Gasteiger charge is 2.15. The molecule has 1 N–H and O–H groups in total. The van der Waals surface area contributed by atoms with Crippen LogP contribution in [0.4, 0.5) is 5.69 Å². The maximum absolute atomic E-state index is 12.6. The van der Waals surface area contributed by atoms with Crippen LogP contribution in [0.15, 0.2) is 66.9 Å². The van der Waals surface area contributed by atoms with Crippen molar-refractivity contribution in [1.29, 1.82) is 0 Å². The fourth-order valence-electron chi connectivity index (χ4n) is 2.75. The summed E-state index contributed by atoms with van der Waals surface area (Å²) in [6, 6.07) is 18.7. The van der Waals surface area contributed by atoms with Crippen LogP contribution in [0.1, 0.15) is 16.1 Å². The quantitative estimate of drug-likeness (QED) is 0.579. The van der Waals surface area contributed by atoms with Crippen molar-refractivity contribution in [3.63, 3.8) is 0 Å². The number of carbonyl (C=O) groups is 1. The molecule has 6 heteroatoms. The standard InChI is InChI=1S/C20H15ClN4O/c1-13-17(20(26)23-16-5-3-2-4-6-16)12-22-19-11-18(24-25(13)19)14-7-9-15(21)10-8-14/h2-12H,1H3,(H,23,26). The largest absolute Gasteiger partial charge is 0.322 e. The van der Waals surface area contributed by atoms with Gasteiger partial charge in [0.25, 0.3) is 5.91 Å². The first-order valence-electron chi connectivity index (χ1n) is 8.09. The van der Waals surface area contributed by atoms with Crippen molar-refractivity contribution in [1.82, 2.24) is 14.6 Å². The Hall–Kier alpha value is -3.18. The van der Waals surface area contributed by atoms with Gasteiger partial charge in [0.1, 0.15) is 0 Å². The molecule has 5 nitrogen and oxygen atoms in total. The first-order chi connectivity index (χ1) is 12.6. The monoisotopic (exact) mass is 362 g/mol. The molecular weight excluding hydrogens is 348 g/mol. The van der Waals surface area contributed by atoms with E-state index in [9.17, 15) is 4.79 Å². The number of amides is 1. The van der Waals surface area contributed by atoms with Crippen molar-refractivity contribution in [3.8, 4) is 11.3 Å². The highest BCUT2D eigenvalue weighted by atomic mass is 35.5. The lowest BCUT2D eigenvalue weighted by molar-refractivity contribution is 0.102. The van der Waals surface area contributed by atoms with E-state index in [0.29, 0.717) is 16.2 Å². The van der Waals surface area contributed by atoms with Crippen LogP contribution < -0.4 is 5.32 Å². The number of anilines is 1. The molecule has 2 heterocycles. The van der Waals surface area contributed by atoms with E-state index in [4.69, 9.17) is 11.6 Å². The summed E-state index contributed by atoms with van der Waals surface area (Å²) in [5, 5.41) is 8.14. The fourth-order valence-corrected chi connectivity index (χ4v) is 2.88. The summed E-state index contributed by atoms with van der Waals surface area (Å²) in [5.74, 6) is -0.216. The van der Waals surface area contributed by atoms with E-state index in [1.165, 1.54) is 0 Å². The maximum atomic E-state index is 12.6. The third kappa shape index (κ3) is 3.05. The van der Waals surface area contributed by atoms with E-state index in [1.54, 1.807) is 10.7 Å². The summed E-state index contributed by atoms with van der Waals surface area (Å²) >= 11 is 5.94. The lowest BCUT2D eigenvalue weighted by Gasteiger charge is -2.08. The average Bonchev–Trinajstić information content (AvgIpc) is 3.08. The van der Waals surface area contributed by atoms with Crippen LogP contribution in [0.2, 0.25) is 5.02 Å². The van der Waals surface area contributed by atoms with Gasteiger partial charge in [-0.05, 0) is 31.2 Å². The third-order valence-corrected chi connectivity index (χ3v) is 4.39. The number of fused-ring (bicyclic) bond motifs is 1. The number of aromatic nitrogens is 3. The number of aryl methyl sites for hydroxylation is 1. The van der Waals surface area contributed by atoms with Crippen LogP contribution in [0, 0.1) is 6.92 Å². The lowest BCUT2D eigenvalue weighted by Crippen LogP contribution is -2.16. The summed E-state index contributed by atoms with van der Waals surface area (Å²) in [6.45, 7) is 1.85. The molecule has 0 atom stereocenters. The van der Waals surface area contributed by atoms with E-state index >= 15 is 0 Å². The molecule has 4 rings (SSSR count). The van der Waals surface area contributed by atoms with Gasteiger partial charge in [-0.2, -0.15) is 5.10 Å². The van der Waals surface area contributed by atoms with Gasteiger partial charge >= 0.3 is 0 Å². The predicted molar refractivity (Wildman–Crippen MR) is 103 cm³/mol. The second-order valence-electron chi connectivity index (χ2n) is 5.88. The second-order valence-corrected chi connectivity index (χ2v) is 6.32. The SMILES string of the molecule is Cc1c(C(=O)Nc2ccccc2)cnc2cc(-c3ccc(Cl)cc3)nn12. The number of halogens is 1. The van der Waals surface area contributed by atoms with E-state index < -0.39 is 0 Å². The summed E-state index contributed by atoms with van der Waals surface area (Å²) in [5.41, 5.74) is 4.34. The minimum atomic E-state index is -0.216. The molecule has 0 fully saturated rings. The minimum absolute atomic E-state index is 0.216. The Morgan fingerprint density at radius 2 is 1.81 bits per heavy atom. The third-order valence-electron chi connectivity index (χ3n) is 4.14. The van der Waals surface area contributed by atoms with Gasteiger partial charge < -0.3 is 5.32 Å². The molecule has 0 aliphatic carbocycles. The normalized spacial score (nSPS) is 10.8. The first-order valence-corrected chi connectivity index (χ1v) is 8.47. The molecular formula is C20H15ClN4O. The molecule has 0 saturated carbocycles. The number of hydrogen-bond acceptors (Lipinski definition) is 3. The van der Waals surface area contributed by atoms with E-state index in [0.717, 1.165) is 22.6 Å². The van der Waals surface area contributed by atoms with Gasteiger partial charge in [-0.3, -0.25) is 4.79 Å². The van der Waals surface area contributed by atoms with Gasteiger partial charge in [-0.25, -0.2) is 9.50 Å². The lowest BCUT2D eigenvalue weighted by atomic mass is 10.1. The Balaban J connectivity index is 1.70. The fraction of sp³-hybridized carbons (Fsp3) is 0.0500. The Morgan fingerprint density at radius 3 is 2.54 bits per heavy atom. The first kappa shape index (κ1) is 16.3. The predicted octanol–water partition coefficient (Wildman–Crippen LogP) is 4.61. The molecule has 2 aromatic carbocycles. The van der Waals surface area contributed by atoms with Crippen LogP contribution >= 0.6 is 11.6 Å². The molecule has 0 aliphatic rings. The Labute approximate surface area is 155 Å². The smallest absolute Gasteiger partial charge is 0.259 e.